The van der Waals surface area contributed by atoms with Crippen LogP contribution in [0.1, 0.15) is 40.4 Å². The molecule has 0 bridgehead atoms. The maximum absolute atomic E-state index is 12.7. The zero-order valence-electron chi connectivity index (χ0n) is 13.4. The number of hydrogen-bond acceptors (Lipinski definition) is 3. The number of carbonyl (C=O) groups is 1. The smallest absolute Gasteiger partial charge is 0.248 e. The van der Waals surface area contributed by atoms with Gasteiger partial charge in [0.2, 0.25) is 15.9 Å². The van der Waals surface area contributed by atoms with Crippen molar-refractivity contribution < 1.29 is 13.2 Å². The van der Waals surface area contributed by atoms with Gasteiger partial charge in [-0.2, -0.15) is 0 Å². The lowest BCUT2D eigenvalue weighted by molar-refractivity contribution is 0.1000. The normalized spacial score (nSPS) is 15.9. The number of nitrogens with one attached hydrogen (secondary N) is 1. The molecule has 0 saturated heterocycles. The predicted molar refractivity (Wildman–Crippen MR) is 91.9 cm³/mol. The molecule has 5 nitrogen and oxygen atoms in total. The van der Waals surface area contributed by atoms with E-state index in [1.54, 1.807) is 0 Å². The molecule has 1 fully saturated rings. The van der Waals surface area contributed by atoms with Crippen molar-refractivity contribution in [3.05, 3.63) is 65.2 Å². The van der Waals surface area contributed by atoms with Crippen LogP contribution in [-0.2, 0) is 10.0 Å². The van der Waals surface area contributed by atoms with E-state index >= 15 is 0 Å². The third kappa shape index (κ3) is 3.66. The van der Waals surface area contributed by atoms with Crippen molar-refractivity contribution in [1.82, 2.24) is 4.72 Å². The number of carbonyl (C=O) groups excluding carboxylic acids is 1. The maximum atomic E-state index is 12.7. The first-order valence-electron chi connectivity index (χ1n) is 7.85. The summed E-state index contributed by atoms with van der Waals surface area (Å²) in [4.78, 5) is 11.2. The van der Waals surface area contributed by atoms with Gasteiger partial charge >= 0.3 is 0 Å². The Labute approximate surface area is 141 Å². The van der Waals surface area contributed by atoms with Crippen LogP contribution in [0, 0.1) is 12.8 Å². The van der Waals surface area contributed by atoms with Crippen LogP contribution in [-0.4, -0.2) is 14.3 Å². The predicted octanol–water partition coefficient (Wildman–Crippen LogP) is 2.52. The van der Waals surface area contributed by atoms with Gasteiger partial charge in [0.05, 0.1) is 4.90 Å². The highest BCUT2D eigenvalue weighted by Crippen LogP contribution is 2.41. The Kier molecular flexibility index (Phi) is 4.43. The lowest BCUT2D eigenvalue weighted by Crippen LogP contribution is -2.30. The standard InChI is InChI=1S/C18H20N2O3S/c1-12-2-4-13(5-3-12)17(14-6-7-14)20-24(22,23)16-10-8-15(9-11-16)18(19)21/h2-5,8-11,14,17,20H,6-7H2,1H3,(H2,19,21). The van der Waals surface area contributed by atoms with Crippen LogP contribution in [0.5, 0.6) is 0 Å². The second-order valence-electron chi connectivity index (χ2n) is 6.24. The van der Waals surface area contributed by atoms with Crippen molar-refractivity contribution in [2.75, 3.05) is 0 Å². The molecule has 0 aliphatic heterocycles. The summed E-state index contributed by atoms with van der Waals surface area (Å²) in [6.07, 6.45) is 2.03. The molecular formula is C18H20N2O3S. The van der Waals surface area contributed by atoms with E-state index < -0.39 is 15.9 Å². The van der Waals surface area contributed by atoms with E-state index in [1.165, 1.54) is 24.3 Å². The Balaban J connectivity index is 1.85. The highest BCUT2D eigenvalue weighted by atomic mass is 32.2. The molecule has 1 amide bonds. The summed E-state index contributed by atoms with van der Waals surface area (Å²) in [7, 11) is -3.67. The van der Waals surface area contributed by atoms with Crippen LogP contribution in [0.4, 0.5) is 0 Å². The fourth-order valence-corrected chi connectivity index (χ4v) is 3.97. The molecule has 2 aromatic carbocycles. The first-order chi connectivity index (χ1) is 11.4. The van der Waals surface area contributed by atoms with Crippen molar-refractivity contribution in [2.45, 2.75) is 30.7 Å². The summed E-state index contributed by atoms with van der Waals surface area (Å²) in [6.45, 7) is 2.00. The highest BCUT2D eigenvalue weighted by molar-refractivity contribution is 7.89. The topological polar surface area (TPSA) is 89.3 Å². The third-order valence-electron chi connectivity index (χ3n) is 4.26. The summed E-state index contributed by atoms with van der Waals surface area (Å²) < 4.78 is 28.1. The van der Waals surface area contributed by atoms with E-state index in [0.29, 0.717) is 5.92 Å². The lowest BCUT2D eigenvalue weighted by atomic mass is 10.0. The first kappa shape index (κ1) is 16.7. The molecule has 3 rings (SSSR count). The van der Waals surface area contributed by atoms with Crippen molar-refractivity contribution >= 4 is 15.9 Å². The molecular weight excluding hydrogens is 324 g/mol. The number of amides is 1. The molecule has 24 heavy (non-hydrogen) atoms. The fourth-order valence-electron chi connectivity index (χ4n) is 2.67. The number of aryl methyl sites for hydroxylation is 1. The monoisotopic (exact) mass is 344 g/mol. The number of benzene rings is 2. The molecule has 2 aromatic rings. The van der Waals surface area contributed by atoms with E-state index in [9.17, 15) is 13.2 Å². The Morgan fingerprint density at radius 1 is 1.08 bits per heavy atom. The molecule has 0 aromatic heterocycles. The van der Waals surface area contributed by atoms with Crippen LogP contribution in [0.2, 0.25) is 0 Å². The molecule has 1 saturated carbocycles. The molecule has 126 valence electrons. The molecule has 0 spiro atoms. The van der Waals surface area contributed by atoms with Crippen LogP contribution < -0.4 is 10.5 Å². The maximum Gasteiger partial charge on any atom is 0.248 e. The number of sulfonamides is 1. The third-order valence-corrected chi connectivity index (χ3v) is 5.72. The molecule has 1 aliphatic rings. The van der Waals surface area contributed by atoms with Crippen molar-refractivity contribution in [3.63, 3.8) is 0 Å². The second kappa shape index (κ2) is 6.37. The highest BCUT2D eigenvalue weighted by Gasteiger charge is 2.35. The van der Waals surface area contributed by atoms with Gasteiger partial charge in [-0.05, 0) is 55.5 Å². The first-order valence-corrected chi connectivity index (χ1v) is 9.34. The lowest BCUT2D eigenvalue weighted by Gasteiger charge is -2.19. The van der Waals surface area contributed by atoms with Gasteiger partial charge in [0.1, 0.15) is 0 Å². The molecule has 0 radical (unpaired) electrons. The van der Waals surface area contributed by atoms with Crippen molar-refractivity contribution in [2.24, 2.45) is 11.7 Å². The average molecular weight is 344 g/mol. The molecule has 6 heteroatoms. The average Bonchev–Trinajstić information content (AvgIpc) is 3.38. The Morgan fingerprint density at radius 3 is 2.17 bits per heavy atom. The fraction of sp³-hybridized carbons (Fsp3) is 0.278. The molecule has 1 aliphatic carbocycles. The molecule has 1 atom stereocenters. The van der Waals surface area contributed by atoms with E-state index in [1.807, 2.05) is 31.2 Å². The summed E-state index contributed by atoms with van der Waals surface area (Å²) in [5.41, 5.74) is 7.58. The van der Waals surface area contributed by atoms with Gasteiger partial charge in [-0.3, -0.25) is 4.79 Å². The van der Waals surface area contributed by atoms with Gasteiger partial charge in [0, 0.05) is 11.6 Å². The largest absolute Gasteiger partial charge is 0.366 e. The van der Waals surface area contributed by atoms with Gasteiger partial charge in [0.15, 0.2) is 0 Å². The van der Waals surface area contributed by atoms with Crippen LogP contribution in [0.25, 0.3) is 0 Å². The number of nitrogens with two attached hydrogens (primary N) is 1. The minimum Gasteiger partial charge on any atom is -0.366 e. The quantitative estimate of drug-likeness (QED) is 0.844. The van der Waals surface area contributed by atoms with Gasteiger partial charge in [-0.25, -0.2) is 13.1 Å². The Morgan fingerprint density at radius 2 is 1.67 bits per heavy atom. The van der Waals surface area contributed by atoms with Crippen molar-refractivity contribution in [1.29, 1.82) is 0 Å². The summed E-state index contributed by atoms with van der Waals surface area (Å²) >= 11 is 0. The summed E-state index contributed by atoms with van der Waals surface area (Å²) in [6, 6.07) is 13.3. The minimum absolute atomic E-state index is 0.130. The van der Waals surface area contributed by atoms with E-state index in [0.717, 1.165) is 24.0 Å². The summed E-state index contributed by atoms with van der Waals surface area (Å²) in [5, 5.41) is 0. The summed E-state index contributed by atoms with van der Waals surface area (Å²) in [5.74, 6) is -0.255. The van der Waals surface area contributed by atoms with Gasteiger partial charge in [-0.15, -0.1) is 0 Å². The second-order valence-corrected chi connectivity index (χ2v) is 7.95. The zero-order valence-corrected chi connectivity index (χ0v) is 14.2. The molecule has 1 unspecified atom stereocenters. The van der Waals surface area contributed by atoms with E-state index in [4.69, 9.17) is 5.73 Å². The van der Waals surface area contributed by atoms with Crippen LogP contribution >= 0.6 is 0 Å². The van der Waals surface area contributed by atoms with E-state index in [2.05, 4.69) is 4.72 Å². The van der Waals surface area contributed by atoms with Crippen LogP contribution in [0.15, 0.2) is 53.4 Å². The molecule has 0 heterocycles. The van der Waals surface area contributed by atoms with Gasteiger partial charge < -0.3 is 5.73 Å². The van der Waals surface area contributed by atoms with Crippen LogP contribution in [0.3, 0.4) is 0 Å². The molecule has 3 N–H and O–H groups in total. The SMILES string of the molecule is Cc1ccc(C(NS(=O)(=O)c2ccc(C(N)=O)cc2)C2CC2)cc1. The number of primary amides is 1. The zero-order chi connectivity index (χ0) is 17.3. The van der Waals surface area contributed by atoms with E-state index in [-0.39, 0.29) is 16.5 Å². The van der Waals surface area contributed by atoms with Crippen molar-refractivity contribution in [3.8, 4) is 0 Å². The van der Waals surface area contributed by atoms with Gasteiger partial charge in [-0.1, -0.05) is 29.8 Å². The number of hydrogen-bond donors (Lipinski definition) is 2. The Bertz CT molecular complexity index is 839. The Hall–Kier alpha value is -2.18. The van der Waals surface area contributed by atoms with Gasteiger partial charge in [0.25, 0.3) is 0 Å². The number of rotatable bonds is 6. The minimum atomic E-state index is -3.67.